The number of aryl methyl sites for hydroxylation is 1. The Morgan fingerprint density at radius 2 is 1.96 bits per heavy atom. The zero-order chi connectivity index (χ0) is 16.5. The molecule has 3 aromatic heterocycles. The lowest BCUT2D eigenvalue weighted by Crippen LogP contribution is -2.49. The second-order valence-electron chi connectivity index (χ2n) is 5.71. The molecule has 0 bridgehead atoms. The third-order valence-electron chi connectivity index (χ3n) is 4.23. The van der Waals surface area contributed by atoms with E-state index in [0.717, 1.165) is 18.9 Å². The number of hydrogen-bond acceptors (Lipinski definition) is 6. The van der Waals surface area contributed by atoms with E-state index >= 15 is 0 Å². The second kappa shape index (κ2) is 5.88. The van der Waals surface area contributed by atoms with Crippen molar-refractivity contribution in [2.45, 2.75) is 6.92 Å². The molecule has 0 spiro atoms. The molecule has 0 atom stereocenters. The second-order valence-corrected chi connectivity index (χ2v) is 5.71. The van der Waals surface area contributed by atoms with Gasteiger partial charge in [0.2, 0.25) is 0 Å². The lowest BCUT2D eigenvalue weighted by Gasteiger charge is -2.35. The average Bonchev–Trinajstić information content (AvgIpc) is 2.98. The molecule has 0 unspecified atom stereocenters. The summed E-state index contributed by atoms with van der Waals surface area (Å²) in [6.45, 7) is 4.59. The largest absolute Gasteiger partial charge is 0.352 e. The van der Waals surface area contributed by atoms with Gasteiger partial charge in [-0.3, -0.25) is 4.79 Å². The molecule has 1 aliphatic rings. The minimum absolute atomic E-state index is 0.0139. The fraction of sp³-hybridized carbons (Fsp3) is 0.312. The van der Waals surface area contributed by atoms with Gasteiger partial charge < -0.3 is 9.80 Å². The smallest absolute Gasteiger partial charge is 0.259 e. The molecule has 4 rings (SSSR count). The summed E-state index contributed by atoms with van der Waals surface area (Å²) in [5.74, 6) is 0.832. The van der Waals surface area contributed by atoms with Crippen molar-refractivity contribution in [3.63, 3.8) is 0 Å². The van der Waals surface area contributed by atoms with Crippen molar-refractivity contribution in [1.82, 2.24) is 29.7 Å². The van der Waals surface area contributed by atoms with Gasteiger partial charge in [-0.2, -0.15) is 10.2 Å². The van der Waals surface area contributed by atoms with Crippen LogP contribution in [0, 0.1) is 6.92 Å². The van der Waals surface area contributed by atoms with E-state index in [-0.39, 0.29) is 5.91 Å². The Hall–Kier alpha value is -3.03. The van der Waals surface area contributed by atoms with E-state index in [2.05, 4.69) is 25.2 Å². The predicted molar refractivity (Wildman–Crippen MR) is 87.9 cm³/mol. The summed E-state index contributed by atoms with van der Waals surface area (Å²) in [6, 6.07) is 5.60. The van der Waals surface area contributed by atoms with Gasteiger partial charge in [0.05, 0.1) is 5.69 Å². The minimum Gasteiger partial charge on any atom is -0.352 e. The molecule has 4 heterocycles. The van der Waals surface area contributed by atoms with E-state index in [1.54, 1.807) is 29.2 Å². The van der Waals surface area contributed by atoms with Crippen LogP contribution in [0.4, 0.5) is 5.82 Å². The van der Waals surface area contributed by atoms with Gasteiger partial charge in [0.1, 0.15) is 5.56 Å². The molecule has 0 aromatic carbocycles. The number of nitrogens with zero attached hydrogens (tertiary/aromatic N) is 7. The lowest BCUT2D eigenvalue weighted by molar-refractivity contribution is 0.0747. The SMILES string of the molecule is Cc1nn2cccnc2c1C(=O)N1CCN(c2cccnn2)CC1. The number of fused-ring (bicyclic) bond motifs is 1. The molecule has 0 saturated carbocycles. The molecule has 1 aliphatic heterocycles. The number of rotatable bonds is 2. The number of piperazine rings is 1. The summed E-state index contributed by atoms with van der Waals surface area (Å²) < 4.78 is 1.65. The highest BCUT2D eigenvalue weighted by molar-refractivity contribution is 6.01. The van der Waals surface area contributed by atoms with E-state index in [1.807, 2.05) is 24.0 Å². The Morgan fingerprint density at radius 3 is 2.71 bits per heavy atom. The molecule has 3 aromatic rings. The maximum atomic E-state index is 12.9. The van der Waals surface area contributed by atoms with E-state index in [9.17, 15) is 4.79 Å². The Balaban J connectivity index is 1.53. The van der Waals surface area contributed by atoms with Crippen molar-refractivity contribution < 1.29 is 4.79 Å². The Morgan fingerprint density at radius 1 is 1.12 bits per heavy atom. The first-order valence-corrected chi connectivity index (χ1v) is 7.86. The molecule has 0 N–H and O–H groups in total. The van der Waals surface area contributed by atoms with E-state index in [1.165, 1.54) is 0 Å². The van der Waals surface area contributed by atoms with E-state index < -0.39 is 0 Å². The molecule has 1 fully saturated rings. The number of amides is 1. The van der Waals surface area contributed by atoms with Crippen molar-refractivity contribution in [3.05, 3.63) is 48.0 Å². The van der Waals surface area contributed by atoms with E-state index in [0.29, 0.717) is 30.0 Å². The lowest BCUT2D eigenvalue weighted by atomic mass is 10.2. The van der Waals surface area contributed by atoms with Crippen LogP contribution in [-0.4, -0.2) is 61.8 Å². The van der Waals surface area contributed by atoms with Crippen LogP contribution in [0.25, 0.3) is 5.65 Å². The van der Waals surface area contributed by atoms with Crippen LogP contribution >= 0.6 is 0 Å². The highest BCUT2D eigenvalue weighted by Gasteiger charge is 2.27. The zero-order valence-electron chi connectivity index (χ0n) is 13.3. The number of carbonyl (C=O) groups is 1. The maximum Gasteiger partial charge on any atom is 0.259 e. The summed E-state index contributed by atoms with van der Waals surface area (Å²) >= 11 is 0. The van der Waals surface area contributed by atoms with Gasteiger partial charge in [-0.05, 0) is 25.1 Å². The third-order valence-corrected chi connectivity index (χ3v) is 4.23. The Kier molecular flexibility index (Phi) is 3.56. The van der Waals surface area contributed by atoms with Crippen LogP contribution in [0.3, 0.4) is 0 Å². The predicted octanol–water partition coefficient (Wildman–Crippen LogP) is 0.790. The van der Waals surface area contributed by atoms with Crippen molar-refractivity contribution in [2.24, 2.45) is 0 Å². The van der Waals surface area contributed by atoms with Gasteiger partial charge in [0.15, 0.2) is 11.5 Å². The molecule has 1 saturated heterocycles. The van der Waals surface area contributed by atoms with Crippen molar-refractivity contribution in [3.8, 4) is 0 Å². The summed E-state index contributed by atoms with van der Waals surface area (Å²) in [4.78, 5) is 21.2. The first-order valence-electron chi connectivity index (χ1n) is 7.86. The monoisotopic (exact) mass is 323 g/mol. The normalized spacial score (nSPS) is 15.0. The summed E-state index contributed by atoms with van der Waals surface area (Å²) in [5, 5.41) is 12.4. The van der Waals surface area contributed by atoms with E-state index in [4.69, 9.17) is 0 Å². The summed E-state index contributed by atoms with van der Waals surface area (Å²) in [7, 11) is 0. The third kappa shape index (κ3) is 2.45. The van der Waals surface area contributed by atoms with Crippen LogP contribution < -0.4 is 4.90 Å². The number of hydrogen-bond donors (Lipinski definition) is 0. The van der Waals surface area contributed by atoms with Crippen LogP contribution in [-0.2, 0) is 0 Å². The molecule has 8 nitrogen and oxygen atoms in total. The van der Waals surface area contributed by atoms with Crippen molar-refractivity contribution in [2.75, 3.05) is 31.1 Å². The summed E-state index contributed by atoms with van der Waals surface area (Å²) in [5.41, 5.74) is 1.90. The molecule has 1 amide bonds. The molecular formula is C16H17N7O. The van der Waals surface area contributed by atoms with Gasteiger partial charge in [-0.1, -0.05) is 0 Å². The molecule has 0 aliphatic carbocycles. The van der Waals surface area contributed by atoms with Crippen molar-refractivity contribution in [1.29, 1.82) is 0 Å². The topological polar surface area (TPSA) is 79.5 Å². The average molecular weight is 323 g/mol. The quantitative estimate of drug-likeness (QED) is 0.694. The van der Waals surface area contributed by atoms with Crippen LogP contribution in [0.15, 0.2) is 36.8 Å². The van der Waals surface area contributed by atoms with Crippen LogP contribution in [0.1, 0.15) is 16.1 Å². The van der Waals surface area contributed by atoms with Gasteiger partial charge >= 0.3 is 0 Å². The molecule has 122 valence electrons. The molecular weight excluding hydrogens is 306 g/mol. The number of carbonyl (C=O) groups excluding carboxylic acids is 1. The number of anilines is 1. The van der Waals surface area contributed by atoms with Crippen LogP contribution in [0.5, 0.6) is 0 Å². The Bertz CT molecular complexity index is 869. The van der Waals surface area contributed by atoms with Gasteiger partial charge in [-0.25, -0.2) is 9.50 Å². The molecule has 24 heavy (non-hydrogen) atoms. The standard InChI is InChI=1S/C16H17N7O/c1-12-14(15-17-5-3-7-23(15)20-12)16(24)22-10-8-21(9-11-22)13-4-2-6-18-19-13/h2-7H,8-11H2,1H3. The first-order chi connectivity index (χ1) is 11.7. The highest BCUT2D eigenvalue weighted by atomic mass is 16.2. The Labute approximate surface area is 138 Å². The van der Waals surface area contributed by atoms with Gasteiger partial charge in [-0.15, -0.1) is 5.10 Å². The maximum absolute atomic E-state index is 12.9. The highest BCUT2D eigenvalue weighted by Crippen LogP contribution is 2.18. The first kappa shape index (κ1) is 14.6. The minimum atomic E-state index is -0.0139. The summed E-state index contributed by atoms with van der Waals surface area (Å²) in [6.07, 6.45) is 5.14. The number of aromatic nitrogens is 5. The molecule has 0 radical (unpaired) electrons. The fourth-order valence-electron chi connectivity index (χ4n) is 3.01. The zero-order valence-corrected chi connectivity index (χ0v) is 13.3. The van der Waals surface area contributed by atoms with Gasteiger partial charge in [0, 0.05) is 44.8 Å². The molecule has 8 heteroatoms. The van der Waals surface area contributed by atoms with Crippen molar-refractivity contribution >= 4 is 17.4 Å². The van der Waals surface area contributed by atoms with Crippen LogP contribution in [0.2, 0.25) is 0 Å². The van der Waals surface area contributed by atoms with Gasteiger partial charge in [0.25, 0.3) is 5.91 Å². The fourth-order valence-corrected chi connectivity index (χ4v) is 3.01.